The second kappa shape index (κ2) is 8.23. The Morgan fingerprint density at radius 3 is 2.76 bits per heavy atom. The number of fused-ring (bicyclic) bond motifs is 3. The number of thioether (sulfide) groups is 1. The van der Waals surface area contributed by atoms with Crippen LogP contribution in [0.5, 0.6) is 5.75 Å². The molecule has 2 aromatic carbocycles. The van der Waals surface area contributed by atoms with Gasteiger partial charge in [-0.15, -0.1) is 11.8 Å². The van der Waals surface area contributed by atoms with Crippen molar-refractivity contribution in [2.75, 3.05) is 6.73 Å². The molecule has 0 saturated carbocycles. The molecule has 0 amide bonds. The molecular weight excluding hydrogens is 378 g/mol. The van der Waals surface area contributed by atoms with E-state index in [1.54, 1.807) is 6.20 Å². The van der Waals surface area contributed by atoms with Crippen LogP contribution in [0.1, 0.15) is 16.7 Å². The zero-order chi connectivity index (χ0) is 19.5. The average molecular weight is 400 g/mol. The highest BCUT2D eigenvalue weighted by molar-refractivity contribution is 7.98. The zero-order valence-corrected chi connectivity index (χ0v) is 16.8. The maximum Gasteiger partial charge on any atom is 0.152 e. The molecule has 0 saturated heterocycles. The monoisotopic (exact) mass is 399 g/mol. The smallest absolute Gasteiger partial charge is 0.152 e. The quantitative estimate of drug-likeness (QED) is 0.427. The lowest BCUT2D eigenvalue weighted by molar-refractivity contribution is 0.0900. The lowest BCUT2D eigenvalue weighted by Crippen LogP contribution is -2.31. The van der Waals surface area contributed by atoms with Gasteiger partial charge in [0, 0.05) is 53.3 Å². The van der Waals surface area contributed by atoms with Crippen molar-refractivity contribution in [3.63, 3.8) is 0 Å². The van der Waals surface area contributed by atoms with E-state index in [0.29, 0.717) is 6.73 Å². The van der Waals surface area contributed by atoms with E-state index in [1.165, 1.54) is 27.0 Å². The van der Waals surface area contributed by atoms with Gasteiger partial charge in [0.1, 0.15) is 12.2 Å². The number of aromatic nitrogens is 2. The minimum atomic E-state index is 0.561. The Labute approximate surface area is 174 Å². The Morgan fingerprint density at radius 1 is 1.00 bits per heavy atom. The van der Waals surface area contributed by atoms with Gasteiger partial charge in [0.25, 0.3) is 0 Å². The summed E-state index contributed by atoms with van der Waals surface area (Å²) in [6, 6.07) is 21.1. The first-order valence-electron chi connectivity index (χ1n) is 9.68. The Kier molecular flexibility index (Phi) is 5.15. The summed E-state index contributed by atoms with van der Waals surface area (Å²) in [5.41, 5.74) is 4.66. The second-order valence-corrected chi connectivity index (χ2v) is 8.20. The number of pyridine rings is 2. The van der Waals surface area contributed by atoms with Gasteiger partial charge in [-0.1, -0.05) is 30.3 Å². The van der Waals surface area contributed by atoms with E-state index >= 15 is 0 Å². The summed E-state index contributed by atoms with van der Waals surface area (Å²) in [4.78, 5) is 12.4. The molecule has 29 heavy (non-hydrogen) atoms. The fourth-order valence-electron chi connectivity index (χ4n) is 3.72. The zero-order valence-electron chi connectivity index (χ0n) is 16.0. The van der Waals surface area contributed by atoms with Gasteiger partial charge in [0.15, 0.2) is 5.75 Å². The molecule has 5 heteroatoms. The van der Waals surface area contributed by atoms with Gasteiger partial charge >= 0.3 is 0 Å². The van der Waals surface area contributed by atoms with Gasteiger partial charge in [-0.25, -0.2) is 0 Å². The number of rotatable bonds is 5. The van der Waals surface area contributed by atoms with E-state index in [-0.39, 0.29) is 0 Å². The fraction of sp³-hybridized carbons (Fsp3) is 0.167. The van der Waals surface area contributed by atoms with Crippen molar-refractivity contribution in [2.45, 2.75) is 23.7 Å². The van der Waals surface area contributed by atoms with Crippen LogP contribution in [0.25, 0.3) is 10.9 Å². The van der Waals surface area contributed by atoms with Gasteiger partial charge in [0.05, 0.1) is 0 Å². The summed E-state index contributed by atoms with van der Waals surface area (Å²) < 4.78 is 6.18. The first kappa shape index (κ1) is 18.2. The van der Waals surface area contributed by atoms with Crippen molar-refractivity contribution in [1.29, 1.82) is 0 Å². The lowest BCUT2D eigenvalue weighted by Gasteiger charge is -2.30. The SMILES string of the molecule is c1ccc(SCc2cc3c(c4ncccc24)OCN(Cc2cccnc2)C3)cc1. The predicted molar refractivity (Wildman–Crippen MR) is 117 cm³/mol. The van der Waals surface area contributed by atoms with E-state index < -0.39 is 0 Å². The Bertz CT molecular complexity index is 1120. The van der Waals surface area contributed by atoms with Gasteiger partial charge in [-0.05, 0) is 41.5 Å². The van der Waals surface area contributed by atoms with E-state index in [2.05, 4.69) is 63.4 Å². The van der Waals surface area contributed by atoms with Gasteiger partial charge in [-0.3, -0.25) is 14.9 Å². The molecular formula is C24H21N3OS. The van der Waals surface area contributed by atoms with Crippen molar-refractivity contribution >= 4 is 22.7 Å². The molecule has 5 rings (SSSR count). The molecule has 4 nitrogen and oxygen atoms in total. The summed E-state index contributed by atoms with van der Waals surface area (Å²) in [6.45, 7) is 2.23. The second-order valence-electron chi connectivity index (χ2n) is 7.15. The molecule has 0 aliphatic carbocycles. The number of nitrogens with zero attached hydrogens (tertiary/aromatic N) is 3. The molecule has 2 aromatic heterocycles. The summed E-state index contributed by atoms with van der Waals surface area (Å²) in [5.74, 6) is 1.83. The van der Waals surface area contributed by atoms with E-state index in [1.807, 2.05) is 36.3 Å². The molecule has 0 radical (unpaired) electrons. The van der Waals surface area contributed by atoms with Gasteiger partial charge in [-0.2, -0.15) is 0 Å². The Balaban J connectivity index is 1.44. The molecule has 0 bridgehead atoms. The van der Waals surface area contributed by atoms with Crippen LogP contribution in [0.4, 0.5) is 0 Å². The topological polar surface area (TPSA) is 38.2 Å². The molecule has 144 valence electrons. The fourth-order valence-corrected chi connectivity index (χ4v) is 4.63. The maximum absolute atomic E-state index is 6.18. The number of hydrogen-bond acceptors (Lipinski definition) is 5. The third kappa shape index (κ3) is 3.97. The van der Waals surface area contributed by atoms with Crippen molar-refractivity contribution in [1.82, 2.24) is 14.9 Å². The highest BCUT2D eigenvalue weighted by Gasteiger charge is 2.22. The van der Waals surface area contributed by atoms with Gasteiger partial charge in [0.2, 0.25) is 0 Å². The third-order valence-electron chi connectivity index (χ3n) is 5.06. The van der Waals surface area contributed by atoms with Crippen LogP contribution in [0.3, 0.4) is 0 Å². The maximum atomic E-state index is 6.18. The Hall–Kier alpha value is -2.89. The average Bonchev–Trinajstić information content (AvgIpc) is 2.79. The van der Waals surface area contributed by atoms with Crippen LogP contribution in [-0.2, 0) is 18.8 Å². The first-order valence-corrected chi connectivity index (χ1v) is 10.7. The standard InChI is InChI=1S/C24H21N3OS/c1-2-7-21(8-3-1)29-16-20-12-19-15-27(14-18-6-4-10-25-13-18)17-28-24(19)23-22(20)9-5-11-26-23/h1-13H,14-17H2. The van der Waals surface area contributed by atoms with Crippen LogP contribution >= 0.6 is 11.8 Å². The largest absolute Gasteiger partial charge is 0.475 e. The van der Waals surface area contributed by atoms with Crippen LogP contribution in [0.2, 0.25) is 0 Å². The van der Waals surface area contributed by atoms with Crippen molar-refractivity contribution in [2.24, 2.45) is 0 Å². The number of benzene rings is 2. The molecule has 1 aliphatic heterocycles. The molecule has 0 N–H and O–H groups in total. The van der Waals surface area contributed by atoms with Crippen LogP contribution in [-0.4, -0.2) is 21.6 Å². The van der Waals surface area contributed by atoms with Crippen LogP contribution in [0.15, 0.2) is 84.1 Å². The summed E-state index contributed by atoms with van der Waals surface area (Å²) in [7, 11) is 0. The number of ether oxygens (including phenoxy) is 1. The molecule has 1 aliphatic rings. The van der Waals surface area contributed by atoms with Crippen molar-refractivity contribution in [3.05, 3.63) is 95.9 Å². The van der Waals surface area contributed by atoms with E-state index in [4.69, 9.17) is 4.74 Å². The first-order chi connectivity index (χ1) is 14.4. The van der Waals surface area contributed by atoms with E-state index in [9.17, 15) is 0 Å². The minimum absolute atomic E-state index is 0.561. The van der Waals surface area contributed by atoms with E-state index in [0.717, 1.165) is 30.1 Å². The molecule has 3 heterocycles. The molecule has 0 spiro atoms. The minimum Gasteiger partial charge on any atom is -0.475 e. The third-order valence-corrected chi connectivity index (χ3v) is 6.12. The molecule has 4 aromatic rings. The predicted octanol–water partition coefficient (Wildman–Crippen LogP) is 5.27. The van der Waals surface area contributed by atoms with Crippen LogP contribution < -0.4 is 4.74 Å². The Morgan fingerprint density at radius 2 is 1.90 bits per heavy atom. The molecule has 0 atom stereocenters. The van der Waals surface area contributed by atoms with Crippen molar-refractivity contribution < 1.29 is 4.74 Å². The highest BCUT2D eigenvalue weighted by Crippen LogP contribution is 2.37. The highest BCUT2D eigenvalue weighted by atomic mass is 32.2. The lowest BCUT2D eigenvalue weighted by atomic mass is 10.0. The summed E-state index contributed by atoms with van der Waals surface area (Å²) >= 11 is 1.85. The van der Waals surface area contributed by atoms with Gasteiger partial charge < -0.3 is 4.74 Å². The number of hydrogen-bond donors (Lipinski definition) is 0. The normalized spacial score (nSPS) is 13.8. The van der Waals surface area contributed by atoms with Crippen molar-refractivity contribution in [3.8, 4) is 5.75 Å². The van der Waals surface area contributed by atoms with Crippen LogP contribution in [0, 0.1) is 0 Å². The summed E-state index contributed by atoms with van der Waals surface area (Å²) in [5, 5.41) is 1.18. The molecule has 0 fully saturated rings. The molecule has 0 unspecified atom stereocenters. The summed E-state index contributed by atoms with van der Waals surface area (Å²) in [6.07, 6.45) is 5.57.